The summed E-state index contributed by atoms with van der Waals surface area (Å²) in [5.74, 6) is -2.21. The Morgan fingerprint density at radius 1 is 0.952 bits per heavy atom. The molecule has 0 aliphatic rings. The summed E-state index contributed by atoms with van der Waals surface area (Å²) in [6.07, 6.45) is 6.91. The largest absolute Gasteiger partial charge is 0.505 e. The van der Waals surface area contributed by atoms with Crippen LogP contribution in [0.1, 0.15) is 33.6 Å². The Hall–Kier alpha value is -5.57. The molecule has 42 heavy (non-hydrogen) atoms. The summed E-state index contributed by atoms with van der Waals surface area (Å²) >= 11 is 0. The van der Waals surface area contributed by atoms with E-state index in [-0.39, 0.29) is 36.1 Å². The molecule has 3 heterocycles. The Labute approximate surface area is 241 Å². The number of aromatic nitrogens is 3. The Morgan fingerprint density at radius 3 is 2.38 bits per heavy atom. The fourth-order valence-corrected chi connectivity index (χ4v) is 4.67. The van der Waals surface area contributed by atoms with Crippen molar-refractivity contribution in [3.8, 4) is 17.0 Å². The van der Waals surface area contributed by atoms with Gasteiger partial charge in [0.1, 0.15) is 0 Å². The van der Waals surface area contributed by atoms with Crippen LogP contribution in [0.2, 0.25) is 0 Å². The van der Waals surface area contributed by atoms with Crippen LogP contribution in [0.25, 0.3) is 34.3 Å². The van der Waals surface area contributed by atoms with E-state index in [0.29, 0.717) is 28.8 Å². The number of hydrogen-bond acceptors (Lipinski definition) is 6. The summed E-state index contributed by atoms with van der Waals surface area (Å²) in [5, 5.41) is 23.2. The van der Waals surface area contributed by atoms with Crippen molar-refractivity contribution in [2.24, 2.45) is 0 Å². The molecule has 0 aliphatic carbocycles. The van der Waals surface area contributed by atoms with E-state index in [0.717, 1.165) is 11.1 Å². The minimum absolute atomic E-state index is 0.142. The summed E-state index contributed by atoms with van der Waals surface area (Å²) in [6, 6.07) is 24.3. The monoisotopic (exact) mass is 560 g/mol. The van der Waals surface area contributed by atoms with Crippen LogP contribution in [0.3, 0.4) is 0 Å². The molecule has 5 rings (SSSR count). The maximum absolute atomic E-state index is 14.0. The predicted octanol–water partition coefficient (Wildman–Crippen LogP) is 4.78. The molecule has 0 atom stereocenters. The summed E-state index contributed by atoms with van der Waals surface area (Å²) in [5.41, 5.74) is 2.87. The molecule has 210 valence electrons. The van der Waals surface area contributed by atoms with E-state index in [4.69, 9.17) is 5.11 Å². The SMILES string of the molecule is O=C(O)CCNC(=O)c1nc(-c2cccnc2)c2c(cc(C=Cc3ccccc3)c(=O)n2CCc2ccccc2)c1O. The van der Waals surface area contributed by atoms with Crippen LogP contribution in [0.4, 0.5) is 0 Å². The number of carboxylic acid groups (broad SMARTS) is 1. The third-order valence-corrected chi connectivity index (χ3v) is 6.74. The van der Waals surface area contributed by atoms with E-state index >= 15 is 0 Å². The zero-order chi connectivity index (χ0) is 29.5. The lowest BCUT2D eigenvalue weighted by Crippen LogP contribution is -2.28. The van der Waals surface area contributed by atoms with Crippen LogP contribution in [0.15, 0.2) is 96.1 Å². The summed E-state index contributed by atoms with van der Waals surface area (Å²) in [4.78, 5) is 46.8. The third kappa shape index (κ3) is 6.26. The van der Waals surface area contributed by atoms with Crippen LogP contribution < -0.4 is 10.9 Å². The second-order valence-electron chi connectivity index (χ2n) is 9.60. The molecule has 3 N–H and O–H groups in total. The lowest BCUT2D eigenvalue weighted by molar-refractivity contribution is -0.136. The van der Waals surface area contributed by atoms with Gasteiger partial charge in [0.2, 0.25) is 0 Å². The van der Waals surface area contributed by atoms with Gasteiger partial charge in [-0.15, -0.1) is 0 Å². The number of aliphatic carboxylic acids is 1. The van der Waals surface area contributed by atoms with E-state index in [9.17, 15) is 19.5 Å². The van der Waals surface area contributed by atoms with Gasteiger partial charge in [-0.25, -0.2) is 4.98 Å². The summed E-state index contributed by atoms with van der Waals surface area (Å²) < 4.78 is 1.58. The van der Waals surface area contributed by atoms with Crippen LogP contribution in [-0.2, 0) is 17.8 Å². The molecule has 0 spiro atoms. The highest BCUT2D eigenvalue weighted by Crippen LogP contribution is 2.35. The topological polar surface area (TPSA) is 134 Å². The van der Waals surface area contributed by atoms with Crippen molar-refractivity contribution in [3.05, 3.63) is 124 Å². The van der Waals surface area contributed by atoms with Crippen molar-refractivity contribution in [2.45, 2.75) is 19.4 Å². The van der Waals surface area contributed by atoms with Gasteiger partial charge in [-0.3, -0.25) is 19.4 Å². The molecule has 0 saturated heterocycles. The molecule has 3 aromatic heterocycles. The number of hydrogen-bond donors (Lipinski definition) is 3. The molecular weight excluding hydrogens is 532 g/mol. The molecule has 0 bridgehead atoms. The highest BCUT2D eigenvalue weighted by atomic mass is 16.4. The molecular formula is C33H28N4O5. The van der Waals surface area contributed by atoms with Gasteiger partial charge in [-0.2, -0.15) is 0 Å². The number of benzene rings is 2. The number of aromatic hydroxyl groups is 1. The van der Waals surface area contributed by atoms with E-state index in [1.807, 2.05) is 66.7 Å². The number of carbonyl (C=O) groups is 2. The fourth-order valence-electron chi connectivity index (χ4n) is 4.67. The summed E-state index contributed by atoms with van der Waals surface area (Å²) in [6.45, 7) is 0.141. The molecule has 0 saturated carbocycles. The molecule has 0 radical (unpaired) electrons. The standard InChI is InChI=1S/C33H28N4O5/c38-27(39)15-18-35-32(41)29-31(40)26-20-24(14-13-22-8-3-1-4-9-22)33(42)37(19-16-23-10-5-2-6-11-23)30(26)28(36-29)25-12-7-17-34-21-25/h1-14,17,20-21,40H,15-16,18-19H2,(H,35,41)(H,38,39). The van der Waals surface area contributed by atoms with Gasteiger partial charge in [-0.05, 0) is 41.8 Å². The first-order chi connectivity index (χ1) is 20.4. The number of nitrogens with one attached hydrogen (secondary N) is 1. The Morgan fingerprint density at radius 2 is 1.69 bits per heavy atom. The van der Waals surface area contributed by atoms with Crippen molar-refractivity contribution in [2.75, 3.05) is 6.54 Å². The van der Waals surface area contributed by atoms with Gasteiger partial charge in [0, 0.05) is 42.0 Å². The van der Waals surface area contributed by atoms with Crippen molar-refractivity contribution in [3.63, 3.8) is 0 Å². The minimum atomic E-state index is -1.07. The average molecular weight is 561 g/mol. The van der Waals surface area contributed by atoms with Gasteiger partial charge in [-0.1, -0.05) is 66.7 Å². The van der Waals surface area contributed by atoms with Crippen molar-refractivity contribution in [1.82, 2.24) is 19.9 Å². The highest BCUT2D eigenvalue weighted by molar-refractivity contribution is 6.05. The van der Waals surface area contributed by atoms with Crippen LogP contribution in [0.5, 0.6) is 5.75 Å². The van der Waals surface area contributed by atoms with Gasteiger partial charge in [0.05, 0.1) is 17.6 Å². The Kier molecular flexibility index (Phi) is 8.48. The normalized spacial score (nSPS) is 11.1. The second-order valence-corrected chi connectivity index (χ2v) is 9.60. The molecule has 9 heteroatoms. The fraction of sp³-hybridized carbons (Fsp3) is 0.121. The Balaban J connectivity index is 1.73. The van der Waals surface area contributed by atoms with Gasteiger partial charge < -0.3 is 20.1 Å². The molecule has 5 aromatic rings. The predicted molar refractivity (Wildman–Crippen MR) is 161 cm³/mol. The number of carboxylic acids is 1. The Bertz CT molecular complexity index is 1820. The van der Waals surface area contributed by atoms with Crippen molar-refractivity contribution >= 4 is 34.9 Å². The lowest BCUT2D eigenvalue weighted by Gasteiger charge is -2.18. The van der Waals surface area contributed by atoms with Gasteiger partial charge >= 0.3 is 5.97 Å². The van der Waals surface area contributed by atoms with E-state index in [2.05, 4.69) is 15.3 Å². The van der Waals surface area contributed by atoms with Gasteiger partial charge in [0.15, 0.2) is 11.4 Å². The molecule has 0 aliphatic heterocycles. The lowest BCUT2D eigenvalue weighted by atomic mass is 10.0. The maximum atomic E-state index is 14.0. The number of pyridine rings is 3. The van der Waals surface area contributed by atoms with Crippen LogP contribution >= 0.6 is 0 Å². The van der Waals surface area contributed by atoms with E-state index < -0.39 is 17.6 Å². The van der Waals surface area contributed by atoms with Gasteiger partial charge in [0.25, 0.3) is 11.5 Å². The smallest absolute Gasteiger partial charge is 0.305 e. The van der Waals surface area contributed by atoms with E-state index in [1.54, 1.807) is 41.2 Å². The number of aryl methyl sites for hydroxylation is 2. The number of carbonyl (C=O) groups excluding carboxylic acids is 1. The second kappa shape index (κ2) is 12.7. The van der Waals surface area contributed by atoms with Crippen molar-refractivity contribution in [1.29, 1.82) is 0 Å². The minimum Gasteiger partial charge on any atom is -0.505 e. The quantitative estimate of drug-likeness (QED) is 0.224. The zero-order valence-electron chi connectivity index (χ0n) is 22.6. The highest BCUT2D eigenvalue weighted by Gasteiger charge is 2.24. The van der Waals surface area contributed by atoms with E-state index in [1.165, 1.54) is 0 Å². The van der Waals surface area contributed by atoms with Crippen molar-refractivity contribution < 1.29 is 19.8 Å². The average Bonchev–Trinajstić information content (AvgIpc) is 3.01. The zero-order valence-corrected chi connectivity index (χ0v) is 22.6. The molecule has 9 nitrogen and oxygen atoms in total. The van der Waals surface area contributed by atoms with Crippen LogP contribution in [0, 0.1) is 0 Å². The molecule has 0 fully saturated rings. The number of fused-ring (bicyclic) bond motifs is 1. The number of amides is 1. The first-order valence-electron chi connectivity index (χ1n) is 13.4. The van der Waals surface area contributed by atoms with Crippen LogP contribution in [-0.4, -0.2) is 43.2 Å². The first-order valence-corrected chi connectivity index (χ1v) is 13.4. The summed E-state index contributed by atoms with van der Waals surface area (Å²) in [7, 11) is 0. The molecule has 1 amide bonds. The number of nitrogens with zero attached hydrogens (tertiary/aromatic N) is 3. The molecule has 0 unspecified atom stereocenters. The number of rotatable bonds is 10. The third-order valence-electron chi connectivity index (χ3n) is 6.74. The maximum Gasteiger partial charge on any atom is 0.305 e. The molecule has 2 aromatic carbocycles. The first kappa shape index (κ1) is 28.0.